The zero-order chi connectivity index (χ0) is 31.3. The highest BCUT2D eigenvalue weighted by atomic mass is 35.5. The van der Waals surface area contributed by atoms with Gasteiger partial charge >= 0.3 is 0 Å². The molecule has 0 aromatic rings. The summed E-state index contributed by atoms with van der Waals surface area (Å²) < 4.78 is 14.0. The molecule has 0 unspecified atom stereocenters. The molecule has 3 nitrogen and oxygen atoms in total. The summed E-state index contributed by atoms with van der Waals surface area (Å²) in [6.07, 6.45) is 44.0. The molecule has 0 aliphatic carbocycles. The van der Waals surface area contributed by atoms with Crippen molar-refractivity contribution in [1.29, 1.82) is 0 Å². The smallest absolute Gasteiger partial charge is 0.217 e. The average molecular weight is 625 g/mol. The van der Waals surface area contributed by atoms with Crippen molar-refractivity contribution in [2.24, 2.45) is 0 Å². The van der Waals surface area contributed by atoms with Gasteiger partial charge < -0.3 is 9.47 Å². The molecule has 0 aliphatic heterocycles. The quantitative estimate of drug-likeness (QED) is 0.0175. The maximum Gasteiger partial charge on any atom is 0.217 e. The third-order valence-electron chi connectivity index (χ3n) is 8.36. The Morgan fingerprint density at radius 2 is 0.767 bits per heavy atom. The molecular weight excluding hydrogens is 550 g/mol. The Hall–Kier alpha value is -0.640. The van der Waals surface area contributed by atoms with E-state index in [0.717, 1.165) is 31.8 Å². The Bertz CT molecular complexity index is 585. The summed E-state index contributed by atoms with van der Waals surface area (Å²) in [5, 5.41) is 0. The van der Waals surface area contributed by atoms with Crippen molar-refractivity contribution in [3.05, 3.63) is 24.3 Å². The number of ether oxygens (including phenoxy) is 2. The molecule has 0 saturated carbocycles. The minimum Gasteiger partial charge on any atom is -0.371 e. The lowest BCUT2D eigenvalue weighted by atomic mass is 10.1. The lowest BCUT2D eigenvalue weighted by Crippen LogP contribution is -2.27. The van der Waals surface area contributed by atoms with Crippen LogP contribution in [0.25, 0.3) is 0 Å². The second kappa shape index (κ2) is 37.5. The molecule has 0 saturated heterocycles. The summed E-state index contributed by atoms with van der Waals surface area (Å²) in [7, 11) is 2.03. The number of hydrogen-bond donors (Lipinski definition) is 0. The summed E-state index contributed by atoms with van der Waals surface area (Å²) >= 11 is 6.09. The minimum atomic E-state index is 0.475. The van der Waals surface area contributed by atoms with E-state index in [0.29, 0.717) is 19.2 Å². The predicted octanol–water partition coefficient (Wildman–Crippen LogP) is 12.6. The van der Waals surface area contributed by atoms with Crippen LogP contribution in [0.2, 0.25) is 0 Å². The summed E-state index contributed by atoms with van der Waals surface area (Å²) in [6.45, 7) is 7.47. The Balaban J connectivity index is 3.57. The van der Waals surface area contributed by atoms with E-state index in [1.165, 1.54) is 154 Å². The molecule has 0 atom stereocenters. The van der Waals surface area contributed by atoms with Crippen molar-refractivity contribution >= 4 is 17.3 Å². The standard InChI is InChI=1S/C39H75ClNO2/c1-4-6-8-10-12-14-16-18-20-22-24-26-28-30-32-34-42-36-39(41(3)38-40)37-43-35-33-31-29-27-25-23-21-19-17-15-13-11-9-7-5-2/h18-21H,4-17,22-38H2,1-3H3/q+1. The molecule has 0 aliphatic rings. The fraction of sp³-hybridized carbons (Fsp3) is 0.872. The van der Waals surface area contributed by atoms with E-state index in [9.17, 15) is 0 Å². The SMILES string of the molecule is CCCCCCCCC=CCCCCCCCOCC(COCCCCCCCC=CCCCCCCCC)=[N+](C)CCl. The van der Waals surface area contributed by atoms with Crippen molar-refractivity contribution in [2.75, 3.05) is 39.5 Å². The number of halogens is 1. The molecule has 0 N–H and O–H groups in total. The molecule has 0 aromatic carbocycles. The molecule has 0 amide bonds. The van der Waals surface area contributed by atoms with Gasteiger partial charge in [0.05, 0.1) is 0 Å². The number of unbranched alkanes of at least 4 members (excludes halogenated alkanes) is 22. The molecule has 0 spiro atoms. The second-order valence-electron chi connectivity index (χ2n) is 12.7. The van der Waals surface area contributed by atoms with Gasteiger partial charge in [-0.25, -0.2) is 4.58 Å². The van der Waals surface area contributed by atoms with E-state index in [4.69, 9.17) is 21.1 Å². The molecule has 43 heavy (non-hydrogen) atoms. The first-order valence-corrected chi connectivity index (χ1v) is 19.4. The molecule has 0 aromatic heterocycles. The van der Waals surface area contributed by atoms with Gasteiger partial charge in [0.1, 0.15) is 20.3 Å². The average Bonchev–Trinajstić information content (AvgIpc) is 3.02. The van der Waals surface area contributed by atoms with Gasteiger partial charge in [-0.1, -0.05) is 152 Å². The van der Waals surface area contributed by atoms with Crippen LogP contribution in [0.5, 0.6) is 0 Å². The highest BCUT2D eigenvalue weighted by molar-refractivity contribution is 6.17. The summed E-state index contributed by atoms with van der Waals surface area (Å²) in [6, 6.07) is 0.475. The third kappa shape index (κ3) is 34.1. The van der Waals surface area contributed by atoms with Gasteiger partial charge in [-0.3, -0.25) is 0 Å². The molecule has 0 bridgehead atoms. The maximum atomic E-state index is 6.09. The number of hydrogen-bond acceptors (Lipinski definition) is 2. The zero-order valence-corrected chi connectivity index (χ0v) is 30.1. The highest BCUT2D eigenvalue weighted by Crippen LogP contribution is 2.11. The van der Waals surface area contributed by atoms with Gasteiger partial charge in [-0.05, 0) is 64.2 Å². The van der Waals surface area contributed by atoms with Gasteiger partial charge in [0.15, 0.2) is 0 Å². The molecule has 0 radical (unpaired) electrons. The van der Waals surface area contributed by atoms with E-state index in [-0.39, 0.29) is 0 Å². The van der Waals surface area contributed by atoms with Gasteiger partial charge in [0.25, 0.3) is 0 Å². The fourth-order valence-corrected chi connectivity index (χ4v) is 5.45. The van der Waals surface area contributed by atoms with Crippen molar-refractivity contribution in [2.45, 2.75) is 181 Å². The van der Waals surface area contributed by atoms with E-state index in [1.54, 1.807) is 0 Å². The van der Waals surface area contributed by atoms with Crippen LogP contribution >= 0.6 is 11.6 Å². The van der Waals surface area contributed by atoms with E-state index in [1.807, 2.05) is 7.05 Å². The Kier molecular flexibility index (Phi) is 37.0. The van der Waals surface area contributed by atoms with Crippen LogP contribution < -0.4 is 0 Å². The first-order valence-electron chi connectivity index (χ1n) is 18.8. The van der Waals surface area contributed by atoms with Crippen molar-refractivity contribution in [3.63, 3.8) is 0 Å². The molecular formula is C39H75ClNO2+. The van der Waals surface area contributed by atoms with Crippen LogP contribution in [0.4, 0.5) is 0 Å². The van der Waals surface area contributed by atoms with E-state index < -0.39 is 0 Å². The van der Waals surface area contributed by atoms with Crippen LogP contribution in [0.1, 0.15) is 181 Å². The van der Waals surface area contributed by atoms with Crippen molar-refractivity contribution < 1.29 is 14.0 Å². The molecule has 254 valence electrons. The van der Waals surface area contributed by atoms with Crippen molar-refractivity contribution in [1.82, 2.24) is 0 Å². The number of nitrogens with zero attached hydrogens (tertiary/aromatic N) is 1. The van der Waals surface area contributed by atoms with Gasteiger partial charge in [-0.2, -0.15) is 0 Å². The van der Waals surface area contributed by atoms with Crippen LogP contribution in [-0.2, 0) is 9.47 Å². The van der Waals surface area contributed by atoms with Crippen LogP contribution in [0, 0.1) is 0 Å². The van der Waals surface area contributed by atoms with Crippen LogP contribution in [0.3, 0.4) is 0 Å². The molecule has 0 fully saturated rings. The van der Waals surface area contributed by atoms with Gasteiger partial charge in [-0.15, -0.1) is 0 Å². The Labute approximate surface area is 275 Å². The Morgan fingerprint density at radius 3 is 1.09 bits per heavy atom. The van der Waals surface area contributed by atoms with E-state index >= 15 is 0 Å². The minimum absolute atomic E-state index is 0.475. The van der Waals surface area contributed by atoms with Crippen LogP contribution in [0.15, 0.2) is 24.3 Å². The number of alkyl halides is 1. The summed E-state index contributed by atoms with van der Waals surface area (Å²) in [5.41, 5.74) is 1.15. The summed E-state index contributed by atoms with van der Waals surface area (Å²) in [4.78, 5) is 0. The predicted molar refractivity (Wildman–Crippen MR) is 193 cm³/mol. The molecule has 0 rings (SSSR count). The lowest BCUT2D eigenvalue weighted by Gasteiger charge is -2.08. The first kappa shape index (κ1) is 42.4. The maximum absolute atomic E-state index is 6.09. The topological polar surface area (TPSA) is 21.5 Å². The van der Waals surface area contributed by atoms with Crippen molar-refractivity contribution in [3.8, 4) is 0 Å². The van der Waals surface area contributed by atoms with Crippen LogP contribution in [-0.4, -0.2) is 49.8 Å². The normalized spacial score (nSPS) is 11.8. The largest absolute Gasteiger partial charge is 0.371 e. The van der Waals surface area contributed by atoms with Gasteiger partial charge in [0.2, 0.25) is 11.7 Å². The number of rotatable bonds is 35. The monoisotopic (exact) mass is 625 g/mol. The summed E-state index contributed by atoms with van der Waals surface area (Å²) in [5.74, 6) is 0. The first-order chi connectivity index (χ1) is 21.3. The second-order valence-corrected chi connectivity index (χ2v) is 12.9. The zero-order valence-electron chi connectivity index (χ0n) is 29.4. The lowest BCUT2D eigenvalue weighted by molar-refractivity contribution is -0.481. The Morgan fingerprint density at radius 1 is 0.465 bits per heavy atom. The highest BCUT2D eigenvalue weighted by Gasteiger charge is 2.11. The molecule has 4 heteroatoms. The van der Waals surface area contributed by atoms with Gasteiger partial charge in [0, 0.05) is 13.2 Å². The number of allylic oxidation sites excluding steroid dienone is 4. The third-order valence-corrected chi connectivity index (χ3v) is 8.72. The molecule has 0 heterocycles. The van der Waals surface area contributed by atoms with E-state index in [2.05, 4.69) is 42.7 Å². The fourth-order valence-electron chi connectivity index (χ4n) is 5.28.